The summed E-state index contributed by atoms with van der Waals surface area (Å²) >= 11 is 7.57. The average molecular weight is 435 g/mol. The van der Waals surface area contributed by atoms with Crippen LogP contribution in [0, 0.1) is 0 Å². The molecule has 0 spiro atoms. The number of anilines is 1. The van der Waals surface area contributed by atoms with Crippen LogP contribution < -0.4 is 11.0 Å². The van der Waals surface area contributed by atoms with Crippen LogP contribution in [0.2, 0.25) is 5.02 Å². The van der Waals surface area contributed by atoms with E-state index >= 15 is 0 Å². The van der Waals surface area contributed by atoms with E-state index < -0.39 is 0 Å². The molecule has 0 saturated carbocycles. The SMILES string of the molecule is O=c1c2c3c(sc2nc(NN=Cc2ccc(Cl)cc2)n1Cc1ccccc1)CCC3. The number of hydrogen-bond donors (Lipinski definition) is 1. The third kappa shape index (κ3) is 3.64. The van der Waals surface area contributed by atoms with Gasteiger partial charge in [-0.1, -0.05) is 54.1 Å². The van der Waals surface area contributed by atoms with Crippen LogP contribution in [0.1, 0.15) is 28.0 Å². The van der Waals surface area contributed by atoms with Crippen molar-refractivity contribution in [1.29, 1.82) is 0 Å². The Morgan fingerprint density at radius 1 is 1.13 bits per heavy atom. The minimum absolute atomic E-state index is 0.00699. The van der Waals surface area contributed by atoms with Gasteiger partial charge < -0.3 is 0 Å². The molecule has 0 aliphatic heterocycles. The zero-order valence-electron chi connectivity index (χ0n) is 16.1. The molecule has 2 aromatic carbocycles. The first-order chi connectivity index (χ1) is 14.7. The van der Waals surface area contributed by atoms with Crippen molar-refractivity contribution in [3.05, 3.63) is 91.5 Å². The second-order valence-corrected chi connectivity index (χ2v) is 8.79. The average Bonchev–Trinajstić information content (AvgIpc) is 3.34. The topological polar surface area (TPSA) is 59.3 Å². The fraction of sp³-hybridized carbons (Fsp3) is 0.174. The van der Waals surface area contributed by atoms with Gasteiger partial charge in [-0.3, -0.25) is 9.36 Å². The van der Waals surface area contributed by atoms with E-state index in [4.69, 9.17) is 16.6 Å². The number of hydrazone groups is 1. The number of aryl methyl sites for hydroxylation is 2. The molecule has 30 heavy (non-hydrogen) atoms. The molecule has 2 aromatic heterocycles. The number of aromatic nitrogens is 2. The van der Waals surface area contributed by atoms with Gasteiger partial charge in [-0.05, 0) is 48.1 Å². The lowest BCUT2D eigenvalue weighted by atomic mass is 10.2. The Bertz CT molecular complexity index is 1290. The highest BCUT2D eigenvalue weighted by Crippen LogP contribution is 2.35. The fourth-order valence-corrected chi connectivity index (χ4v) is 5.17. The van der Waals surface area contributed by atoms with Gasteiger partial charge in [0.1, 0.15) is 4.83 Å². The van der Waals surface area contributed by atoms with Crippen molar-refractivity contribution in [2.24, 2.45) is 5.10 Å². The van der Waals surface area contributed by atoms with E-state index in [1.807, 2.05) is 54.6 Å². The molecule has 0 unspecified atom stereocenters. The van der Waals surface area contributed by atoms with E-state index in [9.17, 15) is 4.79 Å². The van der Waals surface area contributed by atoms with Crippen LogP contribution in [0.15, 0.2) is 64.5 Å². The van der Waals surface area contributed by atoms with E-state index in [2.05, 4.69) is 10.5 Å². The number of benzene rings is 2. The van der Waals surface area contributed by atoms with Crippen LogP contribution in [-0.4, -0.2) is 15.8 Å². The van der Waals surface area contributed by atoms with Gasteiger partial charge in [-0.15, -0.1) is 11.3 Å². The van der Waals surface area contributed by atoms with Crippen LogP contribution in [0.4, 0.5) is 5.95 Å². The number of halogens is 1. The quantitative estimate of drug-likeness (QED) is 0.351. The summed E-state index contributed by atoms with van der Waals surface area (Å²) in [4.78, 5) is 20.3. The normalized spacial score (nSPS) is 13.2. The highest BCUT2D eigenvalue weighted by atomic mass is 35.5. The summed E-state index contributed by atoms with van der Waals surface area (Å²) in [6.45, 7) is 0.437. The minimum Gasteiger partial charge on any atom is -0.272 e. The Morgan fingerprint density at radius 3 is 2.73 bits per heavy atom. The van der Waals surface area contributed by atoms with Crippen molar-refractivity contribution < 1.29 is 0 Å². The Balaban J connectivity index is 1.56. The van der Waals surface area contributed by atoms with Gasteiger partial charge in [0.2, 0.25) is 5.95 Å². The Morgan fingerprint density at radius 2 is 1.93 bits per heavy atom. The van der Waals surface area contributed by atoms with Crippen LogP contribution >= 0.6 is 22.9 Å². The summed E-state index contributed by atoms with van der Waals surface area (Å²) in [6, 6.07) is 17.3. The summed E-state index contributed by atoms with van der Waals surface area (Å²) in [6.07, 6.45) is 4.79. The second-order valence-electron chi connectivity index (χ2n) is 7.27. The van der Waals surface area contributed by atoms with Crippen LogP contribution in [0.25, 0.3) is 10.2 Å². The van der Waals surface area contributed by atoms with Gasteiger partial charge in [0.05, 0.1) is 18.1 Å². The molecule has 1 aliphatic rings. The molecule has 4 aromatic rings. The molecule has 1 N–H and O–H groups in total. The molecule has 2 heterocycles. The molecule has 0 amide bonds. The van der Waals surface area contributed by atoms with Crippen LogP contribution in [0.5, 0.6) is 0 Å². The third-order valence-electron chi connectivity index (χ3n) is 5.26. The number of rotatable bonds is 5. The van der Waals surface area contributed by atoms with Crippen molar-refractivity contribution in [3.8, 4) is 0 Å². The predicted octanol–water partition coefficient (Wildman–Crippen LogP) is 5.09. The molecular weight excluding hydrogens is 416 g/mol. The van der Waals surface area contributed by atoms with Crippen LogP contribution in [0.3, 0.4) is 0 Å². The lowest BCUT2D eigenvalue weighted by Crippen LogP contribution is -2.24. The molecule has 1 aliphatic carbocycles. The maximum Gasteiger partial charge on any atom is 0.264 e. The van der Waals surface area contributed by atoms with Crippen molar-refractivity contribution >= 4 is 45.3 Å². The Labute approximate surface area is 182 Å². The molecule has 0 radical (unpaired) electrons. The predicted molar refractivity (Wildman–Crippen MR) is 124 cm³/mol. The summed E-state index contributed by atoms with van der Waals surface area (Å²) in [5.41, 5.74) is 6.11. The van der Waals surface area contributed by atoms with Gasteiger partial charge in [0, 0.05) is 9.90 Å². The fourth-order valence-electron chi connectivity index (χ4n) is 3.79. The van der Waals surface area contributed by atoms with E-state index in [-0.39, 0.29) is 5.56 Å². The molecule has 0 atom stereocenters. The first-order valence-corrected chi connectivity index (χ1v) is 11.0. The van der Waals surface area contributed by atoms with Gasteiger partial charge in [-0.25, -0.2) is 10.4 Å². The van der Waals surface area contributed by atoms with E-state index in [1.165, 1.54) is 10.4 Å². The number of nitrogens with one attached hydrogen (secondary N) is 1. The minimum atomic E-state index is -0.00699. The number of nitrogens with zero attached hydrogens (tertiary/aromatic N) is 3. The van der Waals surface area contributed by atoms with E-state index in [0.717, 1.165) is 40.6 Å². The lowest BCUT2D eigenvalue weighted by Gasteiger charge is -2.12. The molecule has 0 bridgehead atoms. The number of hydrogen-bond acceptors (Lipinski definition) is 5. The summed E-state index contributed by atoms with van der Waals surface area (Å²) in [5, 5.41) is 5.77. The molecule has 0 fully saturated rings. The highest BCUT2D eigenvalue weighted by molar-refractivity contribution is 7.18. The van der Waals surface area contributed by atoms with Crippen molar-refractivity contribution in [1.82, 2.24) is 9.55 Å². The van der Waals surface area contributed by atoms with Gasteiger partial charge in [0.15, 0.2) is 0 Å². The lowest BCUT2D eigenvalue weighted by molar-refractivity contribution is 0.755. The zero-order chi connectivity index (χ0) is 20.5. The second kappa shape index (κ2) is 8.05. The first kappa shape index (κ1) is 19.0. The molecule has 5 nitrogen and oxygen atoms in total. The van der Waals surface area contributed by atoms with E-state index in [1.54, 1.807) is 22.1 Å². The Kier molecular flexibility index (Phi) is 5.11. The molecule has 5 rings (SSSR count). The monoisotopic (exact) mass is 434 g/mol. The van der Waals surface area contributed by atoms with Gasteiger partial charge in [-0.2, -0.15) is 5.10 Å². The first-order valence-electron chi connectivity index (χ1n) is 9.83. The standard InChI is InChI=1S/C23H19ClN4OS/c24-17-11-9-15(10-12-17)13-25-27-23-26-21-20(18-7-4-8-19(18)30-21)22(29)28(23)14-16-5-2-1-3-6-16/h1-3,5-6,9-13H,4,7-8,14H2,(H,26,27). The number of thiophene rings is 1. The van der Waals surface area contributed by atoms with Crippen LogP contribution in [-0.2, 0) is 19.4 Å². The zero-order valence-corrected chi connectivity index (χ0v) is 17.7. The number of fused-ring (bicyclic) bond motifs is 3. The van der Waals surface area contributed by atoms with Gasteiger partial charge >= 0.3 is 0 Å². The summed E-state index contributed by atoms with van der Waals surface area (Å²) in [5.74, 6) is 0.446. The maximum absolute atomic E-state index is 13.5. The molecule has 150 valence electrons. The van der Waals surface area contributed by atoms with Gasteiger partial charge in [0.25, 0.3) is 5.56 Å². The summed E-state index contributed by atoms with van der Waals surface area (Å²) < 4.78 is 1.68. The smallest absolute Gasteiger partial charge is 0.264 e. The van der Waals surface area contributed by atoms with Crippen molar-refractivity contribution in [3.63, 3.8) is 0 Å². The molecule has 0 saturated heterocycles. The molecule has 7 heteroatoms. The van der Waals surface area contributed by atoms with E-state index in [0.29, 0.717) is 17.5 Å². The van der Waals surface area contributed by atoms with Crippen molar-refractivity contribution in [2.75, 3.05) is 5.43 Å². The third-order valence-corrected chi connectivity index (χ3v) is 6.69. The maximum atomic E-state index is 13.5. The Hall–Kier alpha value is -2.96. The largest absolute Gasteiger partial charge is 0.272 e. The highest BCUT2D eigenvalue weighted by Gasteiger charge is 2.23. The molecular formula is C23H19ClN4OS. The summed E-state index contributed by atoms with van der Waals surface area (Å²) in [7, 11) is 0. The van der Waals surface area contributed by atoms with Crippen molar-refractivity contribution in [2.45, 2.75) is 25.8 Å².